The van der Waals surface area contributed by atoms with Crippen molar-refractivity contribution in [3.05, 3.63) is 53.2 Å². The minimum absolute atomic E-state index is 0.195. The van der Waals surface area contributed by atoms with E-state index in [1.807, 2.05) is 19.9 Å². The number of ether oxygens (including phenoxy) is 1. The molecule has 0 saturated heterocycles. The summed E-state index contributed by atoms with van der Waals surface area (Å²) in [5, 5.41) is 0. The van der Waals surface area contributed by atoms with Crippen LogP contribution in [0.1, 0.15) is 31.0 Å². The number of nitrogens with two attached hydrogens (primary N) is 1. The van der Waals surface area contributed by atoms with Gasteiger partial charge in [-0.3, -0.25) is 0 Å². The van der Waals surface area contributed by atoms with Crippen LogP contribution in [0.5, 0.6) is 11.6 Å². The lowest BCUT2D eigenvalue weighted by atomic mass is 10.1. The zero-order chi connectivity index (χ0) is 14.7. The summed E-state index contributed by atoms with van der Waals surface area (Å²) in [6.07, 6.45) is 0. The van der Waals surface area contributed by atoms with Crippen LogP contribution in [0, 0.1) is 11.6 Å². The maximum absolute atomic E-state index is 13.1. The van der Waals surface area contributed by atoms with Gasteiger partial charge in [-0.05, 0) is 29.7 Å². The van der Waals surface area contributed by atoms with Gasteiger partial charge in [-0.1, -0.05) is 13.8 Å². The van der Waals surface area contributed by atoms with Crippen LogP contribution in [-0.4, -0.2) is 4.98 Å². The molecular formula is C15H16F2N2O. The molecule has 0 spiro atoms. The molecule has 5 heteroatoms. The summed E-state index contributed by atoms with van der Waals surface area (Å²) in [5.41, 5.74) is 7.35. The smallest absolute Gasteiger partial charge is 0.219 e. The highest BCUT2D eigenvalue weighted by Gasteiger charge is 2.09. The molecule has 0 aliphatic rings. The maximum atomic E-state index is 13.1. The molecule has 2 N–H and O–H groups in total. The van der Waals surface area contributed by atoms with Crippen LogP contribution < -0.4 is 10.5 Å². The molecule has 2 rings (SSSR count). The predicted octanol–water partition coefficient (Wildman–Crippen LogP) is 3.73. The summed E-state index contributed by atoms with van der Waals surface area (Å²) >= 11 is 0. The van der Waals surface area contributed by atoms with Gasteiger partial charge in [0, 0.05) is 24.4 Å². The van der Waals surface area contributed by atoms with Crippen molar-refractivity contribution < 1.29 is 13.5 Å². The van der Waals surface area contributed by atoms with Gasteiger partial charge in [0.05, 0.1) is 0 Å². The molecule has 1 aromatic carbocycles. The third-order valence-electron chi connectivity index (χ3n) is 2.82. The number of nitrogens with zero attached hydrogens (tertiary/aromatic N) is 1. The molecule has 0 saturated carbocycles. The largest absolute Gasteiger partial charge is 0.439 e. The van der Waals surface area contributed by atoms with Crippen LogP contribution in [0.4, 0.5) is 8.78 Å². The number of aromatic nitrogens is 1. The minimum atomic E-state index is -0.957. The molecule has 0 aliphatic heterocycles. The lowest BCUT2D eigenvalue weighted by Gasteiger charge is -2.11. The van der Waals surface area contributed by atoms with Crippen molar-refractivity contribution in [2.24, 2.45) is 5.73 Å². The van der Waals surface area contributed by atoms with E-state index in [1.165, 1.54) is 6.07 Å². The highest BCUT2D eigenvalue weighted by Crippen LogP contribution is 2.25. The number of hydrogen-bond donors (Lipinski definition) is 1. The fraction of sp³-hybridized carbons (Fsp3) is 0.267. The Morgan fingerprint density at radius 1 is 1.15 bits per heavy atom. The van der Waals surface area contributed by atoms with Crippen LogP contribution in [-0.2, 0) is 6.54 Å². The molecule has 0 bridgehead atoms. The van der Waals surface area contributed by atoms with E-state index in [9.17, 15) is 8.78 Å². The number of hydrogen-bond acceptors (Lipinski definition) is 3. The number of halogens is 2. The second-order valence-electron chi connectivity index (χ2n) is 4.78. The van der Waals surface area contributed by atoms with Gasteiger partial charge in [-0.15, -0.1) is 0 Å². The second-order valence-corrected chi connectivity index (χ2v) is 4.78. The molecule has 0 radical (unpaired) electrons. The zero-order valence-corrected chi connectivity index (χ0v) is 11.4. The van der Waals surface area contributed by atoms with Crippen molar-refractivity contribution in [1.29, 1.82) is 0 Å². The van der Waals surface area contributed by atoms with Crippen LogP contribution in [0.2, 0.25) is 0 Å². The zero-order valence-electron chi connectivity index (χ0n) is 11.4. The quantitative estimate of drug-likeness (QED) is 0.927. The molecule has 2 aromatic rings. The van der Waals surface area contributed by atoms with Gasteiger partial charge < -0.3 is 10.5 Å². The first kappa shape index (κ1) is 14.4. The van der Waals surface area contributed by atoms with E-state index in [0.717, 1.165) is 23.4 Å². The minimum Gasteiger partial charge on any atom is -0.439 e. The predicted molar refractivity (Wildman–Crippen MR) is 72.6 cm³/mol. The van der Waals surface area contributed by atoms with Gasteiger partial charge in [0.2, 0.25) is 5.88 Å². The third kappa shape index (κ3) is 3.30. The van der Waals surface area contributed by atoms with E-state index >= 15 is 0 Å². The SMILES string of the molecule is CC(C)c1cc(CN)cc(Oc2ccc(F)c(F)c2)n1. The average molecular weight is 278 g/mol. The maximum Gasteiger partial charge on any atom is 0.219 e. The average Bonchev–Trinajstić information content (AvgIpc) is 2.42. The summed E-state index contributed by atoms with van der Waals surface area (Å²) in [6, 6.07) is 6.95. The highest BCUT2D eigenvalue weighted by atomic mass is 19.2. The van der Waals surface area contributed by atoms with Crippen LogP contribution in [0.25, 0.3) is 0 Å². The molecule has 0 unspecified atom stereocenters. The Hall–Kier alpha value is -2.01. The van der Waals surface area contributed by atoms with Gasteiger partial charge in [0.15, 0.2) is 11.6 Å². The van der Waals surface area contributed by atoms with E-state index < -0.39 is 11.6 Å². The number of benzene rings is 1. The molecule has 0 amide bonds. The summed E-state index contributed by atoms with van der Waals surface area (Å²) < 4.78 is 31.5. The first-order chi connectivity index (χ1) is 9.49. The van der Waals surface area contributed by atoms with Gasteiger partial charge in [0.1, 0.15) is 5.75 Å². The molecule has 0 aliphatic carbocycles. The van der Waals surface area contributed by atoms with E-state index in [1.54, 1.807) is 6.07 Å². The van der Waals surface area contributed by atoms with E-state index in [4.69, 9.17) is 10.5 Å². The van der Waals surface area contributed by atoms with Gasteiger partial charge >= 0.3 is 0 Å². The van der Waals surface area contributed by atoms with Crippen molar-refractivity contribution >= 4 is 0 Å². The standard InChI is InChI=1S/C15H16F2N2O/c1-9(2)14-5-10(8-18)6-15(19-14)20-11-3-4-12(16)13(17)7-11/h3-7,9H,8,18H2,1-2H3. The molecular weight excluding hydrogens is 262 g/mol. The van der Waals surface area contributed by atoms with Crippen LogP contribution >= 0.6 is 0 Å². The first-order valence-electron chi connectivity index (χ1n) is 6.33. The normalized spacial score (nSPS) is 10.9. The lowest BCUT2D eigenvalue weighted by Crippen LogP contribution is -2.02. The van der Waals surface area contributed by atoms with E-state index in [0.29, 0.717) is 12.4 Å². The van der Waals surface area contributed by atoms with Gasteiger partial charge in [-0.2, -0.15) is 0 Å². The third-order valence-corrected chi connectivity index (χ3v) is 2.82. The van der Waals surface area contributed by atoms with Crippen LogP contribution in [0.15, 0.2) is 30.3 Å². The molecule has 1 heterocycles. The topological polar surface area (TPSA) is 48.1 Å². The Kier molecular flexibility index (Phi) is 4.29. The molecule has 1 aromatic heterocycles. The van der Waals surface area contributed by atoms with Crippen molar-refractivity contribution in [3.63, 3.8) is 0 Å². The highest BCUT2D eigenvalue weighted by molar-refractivity contribution is 5.32. The fourth-order valence-corrected chi connectivity index (χ4v) is 1.71. The Balaban J connectivity index is 2.32. The summed E-state index contributed by atoms with van der Waals surface area (Å²) in [5.74, 6) is -1.14. The molecule has 20 heavy (non-hydrogen) atoms. The monoisotopic (exact) mass is 278 g/mol. The lowest BCUT2D eigenvalue weighted by molar-refractivity contribution is 0.444. The Morgan fingerprint density at radius 2 is 1.90 bits per heavy atom. The van der Waals surface area contributed by atoms with E-state index in [-0.39, 0.29) is 11.7 Å². The molecule has 0 fully saturated rings. The summed E-state index contributed by atoms with van der Waals surface area (Å²) in [4.78, 5) is 4.33. The van der Waals surface area contributed by atoms with Crippen molar-refractivity contribution in [2.45, 2.75) is 26.3 Å². The van der Waals surface area contributed by atoms with Crippen molar-refractivity contribution in [1.82, 2.24) is 4.98 Å². The first-order valence-corrected chi connectivity index (χ1v) is 6.33. The number of pyridine rings is 1. The van der Waals surface area contributed by atoms with E-state index in [2.05, 4.69) is 4.98 Å². The van der Waals surface area contributed by atoms with Crippen molar-refractivity contribution in [3.8, 4) is 11.6 Å². The van der Waals surface area contributed by atoms with Gasteiger partial charge in [0.25, 0.3) is 0 Å². The number of rotatable bonds is 4. The van der Waals surface area contributed by atoms with Crippen LogP contribution in [0.3, 0.4) is 0 Å². The molecule has 0 atom stereocenters. The molecule has 106 valence electrons. The Labute approximate surface area is 116 Å². The van der Waals surface area contributed by atoms with Crippen molar-refractivity contribution in [2.75, 3.05) is 0 Å². The Morgan fingerprint density at radius 3 is 2.50 bits per heavy atom. The second kappa shape index (κ2) is 5.96. The molecule has 3 nitrogen and oxygen atoms in total. The Bertz CT molecular complexity index is 615. The van der Waals surface area contributed by atoms with Gasteiger partial charge in [-0.25, -0.2) is 13.8 Å². The summed E-state index contributed by atoms with van der Waals surface area (Å²) in [6.45, 7) is 4.37. The fourth-order valence-electron chi connectivity index (χ4n) is 1.71. The summed E-state index contributed by atoms with van der Waals surface area (Å²) in [7, 11) is 0.